The first-order chi connectivity index (χ1) is 12.2. The van der Waals surface area contributed by atoms with Crippen molar-refractivity contribution in [1.29, 1.82) is 0 Å². The van der Waals surface area contributed by atoms with E-state index < -0.39 is 0 Å². The smallest absolute Gasteiger partial charge is 0.220 e. The van der Waals surface area contributed by atoms with E-state index in [0.29, 0.717) is 31.9 Å². The van der Waals surface area contributed by atoms with Gasteiger partial charge >= 0.3 is 0 Å². The van der Waals surface area contributed by atoms with Crippen molar-refractivity contribution in [3.05, 3.63) is 54.4 Å². The number of aryl methyl sites for hydroxylation is 1. The Bertz CT molecular complexity index is 794. The number of amides is 1. The Morgan fingerprint density at radius 1 is 1.12 bits per heavy atom. The fourth-order valence-corrected chi connectivity index (χ4v) is 2.37. The summed E-state index contributed by atoms with van der Waals surface area (Å²) >= 11 is 0. The number of benzene rings is 2. The zero-order chi connectivity index (χ0) is 17.5. The topological polar surface area (TPSA) is 73.6 Å². The van der Waals surface area contributed by atoms with Crippen LogP contribution in [-0.4, -0.2) is 31.2 Å². The lowest BCUT2D eigenvalue weighted by molar-refractivity contribution is -0.121. The van der Waals surface area contributed by atoms with E-state index in [4.69, 9.17) is 13.9 Å². The van der Waals surface area contributed by atoms with Crippen LogP contribution in [0.2, 0.25) is 0 Å². The number of carbonyl (C=O) groups excluding carboxylic acids is 1. The normalized spacial score (nSPS) is 10.6. The highest BCUT2D eigenvalue weighted by molar-refractivity contribution is 5.76. The molecule has 25 heavy (non-hydrogen) atoms. The first kappa shape index (κ1) is 16.8. The Hall–Kier alpha value is -3.02. The molecule has 1 heterocycles. The molecule has 0 radical (unpaired) electrons. The fraction of sp³-hybridized carbons (Fsp3) is 0.263. The lowest BCUT2D eigenvalue weighted by Crippen LogP contribution is -2.28. The number of nitrogens with one attached hydrogen (secondary N) is 1. The fourth-order valence-electron chi connectivity index (χ4n) is 2.37. The van der Waals surface area contributed by atoms with Gasteiger partial charge in [-0.05, 0) is 36.4 Å². The molecule has 0 aliphatic rings. The van der Waals surface area contributed by atoms with Crippen LogP contribution < -0.4 is 14.8 Å². The second-order valence-corrected chi connectivity index (χ2v) is 5.45. The number of nitrogens with zero attached hydrogens (tertiary/aromatic N) is 1. The number of oxazole rings is 1. The average molecular weight is 340 g/mol. The number of rotatable bonds is 8. The van der Waals surface area contributed by atoms with Gasteiger partial charge in [-0.15, -0.1) is 0 Å². The summed E-state index contributed by atoms with van der Waals surface area (Å²) in [6.45, 7) is 0.847. The van der Waals surface area contributed by atoms with Crippen LogP contribution in [0.4, 0.5) is 0 Å². The van der Waals surface area contributed by atoms with Crippen molar-refractivity contribution in [2.24, 2.45) is 0 Å². The SMILES string of the molecule is COc1ccc(OCCNC(=O)CCc2nc3ccccc3o2)cc1. The molecule has 3 aromatic rings. The molecule has 0 spiro atoms. The molecule has 6 heteroatoms. The standard InChI is InChI=1S/C19H20N2O4/c1-23-14-6-8-15(9-7-14)24-13-12-20-18(22)10-11-19-21-16-4-2-3-5-17(16)25-19/h2-9H,10-13H2,1H3,(H,20,22). The number of fused-ring (bicyclic) bond motifs is 1. The van der Waals surface area contributed by atoms with Crippen LogP contribution in [0.3, 0.4) is 0 Å². The van der Waals surface area contributed by atoms with Gasteiger partial charge in [-0.1, -0.05) is 12.1 Å². The molecule has 0 bridgehead atoms. The highest BCUT2D eigenvalue weighted by Gasteiger charge is 2.08. The molecule has 0 atom stereocenters. The molecule has 1 N–H and O–H groups in total. The van der Waals surface area contributed by atoms with Crippen molar-refractivity contribution < 1.29 is 18.7 Å². The van der Waals surface area contributed by atoms with Crippen molar-refractivity contribution in [2.45, 2.75) is 12.8 Å². The Morgan fingerprint density at radius 3 is 2.64 bits per heavy atom. The van der Waals surface area contributed by atoms with Crippen LogP contribution in [0.1, 0.15) is 12.3 Å². The Balaban J connectivity index is 1.36. The molecule has 1 amide bonds. The third-order valence-corrected chi connectivity index (χ3v) is 3.66. The third-order valence-electron chi connectivity index (χ3n) is 3.66. The van der Waals surface area contributed by atoms with E-state index in [9.17, 15) is 4.79 Å². The van der Waals surface area contributed by atoms with Crippen molar-refractivity contribution in [3.63, 3.8) is 0 Å². The van der Waals surface area contributed by atoms with Gasteiger partial charge in [-0.25, -0.2) is 4.98 Å². The van der Waals surface area contributed by atoms with Gasteiger partial charge in [-0.2, -0.15) is 0 Å². The van der Waals surface area contributed by atoms with Crippen molar-refractivity contribution in [2.75, 3.05) is 20.3 Å². The van der Waals surface area contributed by atoms with Gasteiger partial charge in [-0.3, -0.25) is 4.79 Å². The summed E-state index contributed by atoms with van der Waals surface area (Å²) in [4.78, 5) is 16.2. The van der Waals surface area contributed by atoms with Gasteiger partial charge in [0.05, 0.1) is 13.7 Å². The maximum atomic E-state index is 11.9. The van der Waals surface area contributed by atoms with Crippen molar-refractivity contribution >= 4 is 17.0 Å². The second kappa shape index (κ2) is 8.19. The van der Waals surface area contributed by atoms with E-state index >= 15 is 0 Å². The van der Waals surface area contributed by atoms with E-state index in [1.807, 2.05) is 48.5 Å². The van der Waals surface area contributed by atoms with E-state index in [0.717, 1.165) is 22.6 Å². The highest BCUT2D eigenvalue weighted by Crippen LogP contribution is 2.17. The molecule has 130 valence electrons. The van der Waals surface area contributed by atoms with Crippen LogP contribution in [-0.2, 0) is 11.2 Å². The number of para-hydroxylation sites is 2. The number of aromatic nitrogens is 1. The van der Waals surface area contributed by atoms with E-state index in [-0.39, 0.29) is 5.91 Å². The molecule has 0 fully saturated rings. The van der Waals surface area contributed by atoms with Gasteiger partial charge in [0.25, 0.3) is 0 Å². The molecule has 2 aromatic carbocycles. The molecule has 0 aliphatic carbocycles. The Morgan fingerprint density at radius 2 is 1.88 bits per heavy atom. The minimum Gasteiger partial charge on any atom is -0.497 e. The van der Waals surface area contributed by atoms with Gasteiger partial charge < -0.3 is 19.2 Å². The van der Waals surface area contributed by atoms with Crippen LogP contribution in [0.5, 0.6) is 11.5 Å². The van der Waals surface area contributed by atoms with E-state index in [2.05, 4.69) is 10.3 Å². The predicted molar refractivity (Wildman–Crippen MR) is 93.8 cm³/mol. The summed E-state index contributed by atoms with van der Waals surface area (Å²) in [5, 5.41) is 2.82. The monoisotopic (exact) mass is 340 g/mol. The summed E-state index contributed by atoms with van der Waals surface area (Å²) in [5.74, 6) is 2.03. The largest absolute Gasteiger partial charge is 0.497 e. The molecule has 0 aliphatic heterocycles. The number of ether oxygens (including phenoxy) is 2. The maximum Gasteiger partial charge on any atom is 0.220 e. The van der Waals surface area contributed by atoms with Crippen LogP contribution >= 0.6 is 0 Å². The summed E-state index contributed by atoms with van der Waals surface area (Å²) < 4.78 is 16.2. The molecule has 1 aromatic heterocycles. The Kier molecular flexibility index (Phi) is 5.51. The number of hydrogen-bond acceptors (Lipinski definition) is 5. The average Bonchev–Trinajstić information content (AvgIpc) is 3.07. The predicted octanol–water partition coefficient (Wildman–Crippen LogP) is 2.96. The van der Waals surface area contributed by atoms with Gasteiger partial charge in [0, 0.05) is 12.8 Å². The molecule has 3 rings (SSSR count). The van der Waals surface area contributed by atoms with Gasteiger partial charge in [0.1, 0.15) is 23.6 Å². The lowest BCUT2D eigenvalue weighted by atomic mass is 10.3. The molecule has 6 nitrogen and oxygen atoms in total. The minimum absolute atomic E-state index is 0.0550. The minimum atomic E-state index is -0.0550. The quantitative estimate of drug-likeness (QED) is 0.638. The van der Waals surface area contributed by atoms with Crippen molar-refractivity contribution in [3.8, 4) is 11.5 Å². The number of carbonyl (C=O) groups is 1. The summed E-state index contributed by atoms with van der Waals surface area (Å²) in [6.07, 6.45) is 0.801. The van der Waals surface area contributed by atoms with Crippen LogP contribution in [0.25, 0.3) is 11.1 Å². The van der Waals surface area contributed by atoms with Gasteiger partial charge in [0.2, 0.25) is 5.91 Å². The summed E-state index contributed by atoms with van der Waals surface area (Å²) in [7, 11) is 1.62. The zero-order valence-corrected chi connectivity index (χ0v) is 14.0. The van der Waals surface area contributed by atoms with Crippen LogP contribution in [0.15, 0.2) is 52.9 Å². The highest BCUT2D eigenvalue weighted by atomic mass is 16.5. The molecule has 0 saturated carbocycles. The second-order valence-electron chi connectivity index (χ2n) is 5.45. The maximum absolute atomic E-state index is 11.9. The molecular weight excluding hydrogens is 320 g/mol. The molecular formula is C19H20N2O4. The zero-order valence-electron chi connectivity index (χ0n) is 14.0. The van der Waals surface area contributed by atoms with Gasteiger partial charge in [0.15, 0.2) is 11.5 Å². The van der Waals surface area contributed by atoms with E-state index in [1.54, 1.807) is 7.11 Å². The first-order valence-corrected chi connectivity index (χ1v) is 8.12. The number of methoxy groups -OCH3 is 1. The van der Waals surface area contributed by atoms with E-state index in [1.165, 1.54) is 0 Å². The lowest BCUT2D eigenvalue weighted by Gasteiger charge is -2.08. The Labute approximate surface area is 145 Å². The summed E-state index contributed by atoms with van der Waals surface area (Å²) in [5.41, 5.74) is 1.55. The molecule has 0 unspecified atom stereocenters. The number of hydrogen-bond donors (Lipinski definition) is 1. The molecule has 0 saturated heterocycles. The third kappa shape index (κ3) is 4.73. The first-order valence-electron chi connectivity index (χ1n) is 8.12. The summed E-state index contributed by atoms with van der Waals surface area (Å²) in [6, 6.07) is 14.9. The van der Waals surface area contributed by atoms with Crippen LogP contribution in [0, 0.1) is 0 Å². The van der Waals surface area contributed by atoms with Crippen molar-refractivity contribution in [1.82, 2.24) is 10.3 Å².